The fourth-order valence-corrected chi connectivity index (χ4v) is 3.56. The summed E-state index contributed by atoms with van der Waals surface area (Å²) in [5, 5.41) is 12.3. The van der Waals surface area contributed by atoms with E-state index in [4.69, 9.17) is 0 Å². The normalized spacial score (nSPS) is 32.2. The third-order valence-corrected chi connectivity index (χ3v) is 4.83. The van der Waals surface area contributed by atoms with E-state index in [0.29, 0.717) is 18.8 Å². The van der Waals surface area contributed by atoms with Crippen molar-refractivity contribution in [2.24, 2.45) is 17.8 Å². The molecule has 20 heavy (non-hydrogen) atoms. The van der Waals surface area contributed by atoms with E-state index in [1.807, 2.05) is 6.92 Å². The van der Waals surface area contributed by atoms with E-state index in [1.165, 1.54) is 0 Å². The highest BCUT2D eigenvalue weighted by Gasteiger charge is 2.41. The molecule has 2 rings (SSSR count). The van der Waals surface area contributed by atoms with Crippen LogP contribution >= 0.6 is 0 Å². The molecule has 1 saturated carbocycles. The zero-order valence-corrected chi connectivity index (χ0v) is 12.5. The van der Waals surface area contributed by atoms with Gasteiger partial charge in [0.25, 0.3) is 0 Å². The predicted molar refractivity (Wildman–Crippen MR) is 76.3 cm³/mol. The highest BCUT2D eigenvalue weighted by molar-refractivity contribution is 5.85. The lowest BCUT2D eigenvalue weighted by atomic mass is 9.94. The van der Waals surface area contributed by atoms with Gasteiger partial charge in [0.05, 0.1) is 11.8 Å². The SMILES string of the molecule is CCN1CCC(NC(=O)C2CC(C)CC2C(=O)O)CC1. The second-order valence-corrected chi connectivity index (χ2v) is 6.34. The standard InChI is InChI=1S/C15H26N2O3/c1-3-17-6-4-11(5-7-17)16-14(18)12-8-10(2)9-13(12)15(19)20/h10-13H,3-9H2,1-2H3,(H,16,18)(H,19,20). The first-order valence-corrected chi connectivity index (χ1v) is 7.76. The molecule has 1 amide bonds. The van der Waals surface area contributed by atoms with Gasteiger partial charge in [-0.1, -0.05) is 13.8 Å². The van der Waals surface area contributed by atoms with Gasteiger partial charge in [-0.25, -0.2) is 0 Å². The highest BCUT2D eigenvalue weighted by Crippen LogP contribution is 2.36. The van der Waals surface area contributed by atoms with Gasteiger partial charge in [0.2, 0.25) is 5.91 Å². The van der Waals surface area contributed by atoms with Gasteiger partial charge < -0.3 is 15.3 Å². The summed E-state index contributed by atoms with van der Waals surface area (Å²) in [6.07, 6.45) is 3.28. The van der Waals surface area contributed by atoms with Crippen LogP contribution in [0.4, 0.5) is 0 Å². The number of nitrogens with zero attached hydrogens (tertiary/aromatic N) is 1. The number of amides is 1. The van der Waals surface area contributed by atoms with Crippen LogP contribution in [-0.4, -0.2) is 47.6 Å². The van der Waals surface area contributed by atoms with Crippen LogP contribution in [0.1, 0.15) is 39.5 Å². The molecular weight excluding hydrogens is 256 g/mol. The van der Waals surface area contributed by atoms with E-state index >= 15 is 0 Å². The molecule has 0 aromatic rings. The van der Waals surface area contributed by atoms with Crippen molar-refractivity contribution in [1.29, 1.82) is 0 Å². The van der Waals surface area contributed by atoms with E-state index in [0.717, 1.165) is 32.5 Å². The maximum Gasteiger partial charge on any atom is 0.307 e. The minimum atomic E-state index is -0.824. The molecule has 1 heterocycles. The number of nitrogens with one attached hydrogen (secondary N) is 1. The van der Waals surface area contributed by atoms with E-state index in [-0.39, 0.29) is 17.9 Å². The number of carbonyl (C=O) groups is 2. The molecule has 0 radical (unpaired) electrons. The highest BCUT2D eigenvalue weighted by atomic mass is 16.4. The van der Waals surface area contributed by atoms with Crippen LogP contribution in [0.2, 0.25) is 0 Å². The Kier molecular flexibility index (Phi) is 5.02. The lowest BCUT2D eigenvalue weighted by Crippen LogP contribution is -2.47. The van der Waals surface area contributed by atoms with Crippen molar-refractivity contribution in [2.75, 3.05) is 19.6 Å². The van der Waals surface area contributed by atoms with Crippen molar-refractivity contribution < 1.29 is 14.7 Å². The number of carbonyl (C=O) groups excluding carboxylic acids is 1. The Morgan fingerprint density at radius 3 is 2.35 bits per heavy atom. The predicted octanol–water partition coefficient (Wildman–Crippen LogP) is 1.33. The van der Waals surface area contributed by atoms with Crippen LogP contribution in [-0.2, 0) is 9.59 Å². The largest absolute Gasteiger partial charge is 0.481 e. The Labute approximate surface area is 120 Å². The van der Waals surface area contributed by atoms with Gasteiger partial charge in [-0.05, 0) is 38.1 Å². The fraction of sp³-hybridized carbons (Fsp3) is 0.867. The number of rotatable bonds is 4. The van der Waals surface area contributed by atoms with Gasteiger partial charge in [-0.3, -0.25) is 9.59 Å². The number of hydrogen-bond acceptors (Lipinski definition) is 3. The zero-order valence-electron chi connectivity index (χ0n) is 12.5. The third-order valence-electron chi connectivity index (χ3n) is 4.83. The Balaban J connectivity index is 1.87. The third kappa shape index (κ3) is 3.51. The molecule has 3 unspecified atom stereocenters. The second-order valence-electron chi connectivity index (χ2n) is 6.34. The van der Waals surface area contributed by atoms with Crippen LogP contribution in [0.3, 0.4) is 0 Å². The summed E-state index contributed by atoms with van der Waals surface area (Å²) in [6.45, 7) is 7.27. The maximum atomic E-state index is 12.3. The van der Waals surface area contributed by atoms with Crippen LogP contribution in [0, 0.1) is 17.8 Å². The van der Waals surface area contributed by atoms with Crippen molar-refractivity contribution in [2.45, 2.75) is 45.6 Å². The average Bonchev–Trinajstić information content (AvgIpc) is 2.82. The van der Waals surface area contributed by atoms with Crippen molar-refractivity contribution in [1.82, 2.24) is 10.2 Å². The molecule has 114 valence electrons. The van der Waals surface area contributed by atoms with Gasteiger partial charge in [0.1, 0.15) is 0 Å². The summed E-state index contributed by atoms with van der Waals surface area (Å²) < 4.78 is 0. The Morgan fingerprint density at radius 1 is 1.20 bits per heavy atom. The van der Waals surface area contributed by atoms with Crippen LogP contribution < -0.4 is 5.32 Å². The Morgan fingerprint density at radius 2 is 1.80 bits per heavy atom. The molecule has 1 saturated heterocycles. The Hall–Kier alpha value is -1.10. The summed E-state index contributed by atoms with van der Waals surface area (Å²) in [5.41, 5.74) is 0. The van der Waals surface area contributed by atoms with Gasteiger partial charge in [-0.15, -0.1) is 0 Å². The summed E-state index contributed by atoms with van der Waals surface area (Å²) >= 11 is 0. The van der Waals surface area contributed by atoms with Crippen LogP contribution in [0.15, 0.2) is 0 Å². The second kappa shape index (κ2) is 6.57. The van der Waals surface area contributed by atoms with Crippen molar-refractivity contribution in [3.05, 3.63) is 0 Å². The van der Waals surface area contributed by atoms with E-state index in [2.05, 4.69) is 17.1 Å². The lowest BCUT2D eigenvalue weighted by molar-refractivity contribution is -0.146. The molecule has 0 bridgehead atoms. The molecule has 0 spiro atoms. The van der Waals surface area contributed by atoms with Crippen LogP contribution in [0.25, 0.3) is 0 Å². The van der Waals surface area contributed by atoms with Gasteiger partial charge in [0, 0.05) is 19.1 Å². The Bertz CT molecular complexity index is 364. The average molecular weight is 282 g/mol. The van der Waals surface area contributed by atoms with Gasteiger partial charge in [0.15, 0.2) is 0 Å². The number of carboxylic acids is 1. The van der Waals surface area contributed by atoms with E-state index in [1.54, 1.807) is 0 Å². The minimum Gasteiger partial charge on any atom is -0.481 e. The quantitative estimate of drug-likeness (QED) is 0.816. The summed E-state index contributed by atoms with van der Waals surface area (Å²) in [7, 11) is 0. The van der Waals surface area contributed by atoms with Gasteiger partial charge >= 0.3 is 5.97 Å². The number of likely N-dealkylation sites (tertiary alicyclic amines) is 1. The molecular formula is C15H26N2O3. The summed E-state index contributed by atoms with van der Waals surface area (Å²) in [4.78, 5) is 26.0. The lowest BCUT2D eigenvalue weighted by Gasteiger charge is -2.32. The molecule has 5 nitrogen and oxygen atoms in total. The molecule has 5 heteroatoms. The smallest absolute Gasteiger partial charge is 0.307 e. The number of carboxylic acid groups (broad SMARTS) is 1. The summed E-state index contributed by atoms with van der Waals surface area (Å²) in [6, 6.07) is 0.218. The molecule has 0 aromatic carbocycles. The molecule has 1 aliphatic carbocycles. The first-order chi connectivity index (χ1) is 9.51. The first kappa shape index (κ1) is 15.3. The summed E-state index contributed by atoms with van der Waals surface area (Å²) in [5.74, 6) is -1.38. The number of piperidine rings is 1. The molecule has 0 aromatic heterocycles. The minimum absolute atomic E-state index is 0.0447. The number of hydrogen-bond donors (Lipinski definition) is 2. The van der Waals surface area contributed by atoms with Crippen molar-refractivity contribution in [3.8, 4) is 0 Å². The van der Waals surface area contributed by atoms with Gasteiger partial charge in [-0.2, -0.15) is 0 Å². The molecule has 3 atom stereocenters. The van der Waals surface area contributed by atoms with Crippen molar-refractivity contribution in [3.63, 3.8) is 0 Å². The molecule has 1 aliphatic heterocycles. The van der Waals surface area contributed by atoms with Crippen LogP contribution in [0.5, 0.6) is 0 Å². The first-order valence-electron chi connectivity index (χ1n) is 7.76. The maximum absolute atomic E-state index is 12.3. The molecule has 2 aliphatic rings. The topological polar surface area (TPSA) is 69.6 Å². The van der Waals surface area contributed by atoms with Crippen molar-refractivity contribution >= 4 is 11.9 Å². The van der Waals surface area contributed by atoms with E-state index < -0.39 is 11.9 Å². The fourth-order valence-electron chi connectivity index (χ4n) is 3.56. The molecule has 2 fully saturated rings. The number of aliphatic carboxylic acids is 1. The monoisotopic (exact) mass is 282 g/mol. The molecule has 2 N–H and O–H groups in total. The van der Waals surface area contributed by atoms with E-state index in [9.17, 15) is 14.7 Å². The zero-order chi connectivity index (χ0) is 14.7.